The number of esters is 2. The maximum atomic E-state index is 12.2. The van der Waals surface area contributed by atoms with E-state index < -0.39 is 23.8 Å². The summed E-state index contributed by atoms with van der Waals surface area (Å²) in [4.78, 5) is 24.4. The molecule has 1 N–H and O–H groups in total. The molecule has 0 amide bonds. The van der Waals surface area contributed by atoms with Crippen LogP contribution in [0.5, 0.6) is 11.5 Å². The van der Waals surface area contributed by atoms with Crippen molar-refractivity contribution in [1.29, 1.82) is 0 Å². The summed E-state index contributed by atoms with van der Waals surface area (Å²) in [5.74, 6) is -3.75. The van der Waals surface area contributed by atoms with E-state index in [9.17, 15) is 14.7 Å². The van der Waals surface area contributed by atoms with E-state index in [0.717, 1.165) is 5.56 Å². The van der Waals surface area contributed by atoms with E-state index in [2.05, 4.69) is 0 Å². The van der Waals surface area contributed by atoms with Crippen LogP contribution in [0, 0.1) is 0 Å². The Morgan fingerprint density at radius 1 is 1.13 bits per heavy atom. The number of rotatable bonds is 6. The van der Waals surface area contributed by atoms with Gasteiger partial charge in [0, 0.05) is 0 Å². The number of ether oxygens (including phenoxy) is 4. The highest BCUT2D eigenvalue weighted by Gasteiger charge is 2.59. The van der Waals surface area contributed by atoms with Crippen molar-refractivity contribution in [3.8, 4) is 11.5 Å². The first-order valence-electron chi connectivity index (χ1n) is 7.46. The molecule has 1 atom stereocenters. The summed E-state index contributed by atoms with van der Waals surface area (Å²) in [5, 5.41) is 9.45. The number of benzene rings is 1. The van der Waals surface area contributed by atoms with Gasteiger partial charge in [-0.05, 0) is 44.9 Å². The molecule has 1 heterocycles. The van der Waals surface area contributed by atoms with Crippen LogP contribution in [0.3, 0.4) is 0 Å². The molecule has 0 fully saturated rings. The van der Waals surface area contributed by atoms with E-state index in [1.54, 1.807) is 39.0 Å². The predicted octanol–water partition coefficient (Wildman–Crippen LogP) is 1.20. The zero-order valence-electron chi connectivity index (χ0n) is 13.3. The molecule has 0 saturated carbocycles. The molecule has 1 aromatic rings. The van der Waals surface area contributed by atoms with Crippen LogP contribution in [0.2, 0.25) is 0 Å². The van der Waals surface area contributed by atoms with E-state index in [0.29, 0.717) is 6.42 Å². The number of fused-ring (bicyclic) bond motifs is 1. The molecule has 23 heavy (non-hydrogen) atoms. The summed E-state index contributed by atoms with van der Waals surface area (Å²) in [7, 11) is 0. The third-order valence-corrected chi connectivity index (χ3v) is 3.13. The van der Waals surface area contributed by atoms with E-state index in [1.807, 2.05) is 0 Å². The van der Waals surface area contributed by atoms with Crippen LogP contribution in [0.25, 0.3) is 0 Å². The summed E-state index contributed by atoms with van der Waals surface area (Å²) in [6, 6.07) is 4.91. The van der Waals surface area contributed by atoms with Crippen molar-refractivity contribution in [2.45, 2.75) is 39.1 Å². The monoisotopic (exact) mass is 324 g/mol. The summed E-state index contributed by atoms with van der Waals surface area (Å²) in [6.45, 7) is 5.01. The lowest BCUT2D eigenvalue weighted by Gasteiger charge is -2.22. The molecule has 0 aliphatic carbocycles. The molecule has 7 heteroatoms. The molecule has 0 unspecified atom stereocenters. The molecule has 1 aliphatic rings. The lowest BCUT2D eigenvalue weighted by molar-refractivity contribution is -0.202. The molecule has 0 radical (unpaired) electrons. The van der Waals surface area contributed by atoms with Crippen LogP contribution in [-0.4, -0.2) is 42.1 Å². The minimum absolute atomic E-state index is 0.0658. The molecule has 0 bridgehead atoms. The number of carbonyl (C=O) groups excluding carboxylic acids is 2. The lowest BCUT2D eigenvalue weighted by Crippen LogP contribution is -2.55. The summed E-state index contributed by atoms with van der Waals surface area (Å²) in [6.07, 6.45) is -0.127. The summed E-state index contributed by atoms with van der Waals surface area (Å²) in [5.41, 5.74) is 0.783. The first-order chi connectivity index (χ1) is 10.9. The number of aliphatic hydroxyl groups is 1. The highest BCUT2D eigenvalue weighted by atomic mass is 16.8. The van der Waals surface area contributed by atoms with Gasteiger partial charge < -0.3 is 24.1 Å². The molecular weight excluding hydrogens is 304 g/mol. The number of carbonyl (C=O) groups is 2. The fraction of sp³-hybridized carbons (Fsp3) is 0.500. The Kier molecular flexibility index (Phi) is 5.10. The Hall–Kier alpha value is -2.28. The average molecular weight is 324 g/mol. The van der Waals surface area contributed by atoms with Gasteiger partial charge in [-0.25, -0.2) is 9.59 Å². The number of aliphatic hydroxyl groups excluding tert-OH is 1. The van der Waals surface area contributed by atoms with Crippen LogP contribution in [-0.2, 0) is 25.5 Å². The molecule has 0 spiro atoms. The quantitative estimate of drug-likeness (QED) is 0.621. The molecular formula is C16H20O7. The highest BCUT2D eigenvalue weighted by Crippen LogP contribution is 2.41. The Morgan fingerprint density at radius 2 is 1.70 bits per heavy atom. The molecule has 0 saturated heterocycles. The van der Waals surface area contributed by atoms with Crippen molar-refractivity contribution in [3.63, 3.8) is 0 Å². The van der Waals surface area contributed by atoms with Gasteiger partial charge in [0.2, 0.25) is 0 Å². The third kappa shape index (κ3) is 3.39. The maximum Gasteiger partial charge on any atom is 0.453 e. The molecule has 2 rings (SSSR count). The number of hydrogen-bond donors (Lipinski definition) is 1. The second-order valence-electron chi connectivity index (χ2n) is 5.10. The van der Waals surface area contributed by atoms with Crippen LogP contribution >= 0.6 is 0 Å². The van der Waals surface area contributed by atoms with Crippen molar-refractivity contribution in [1.82, 2.24) is 0 Å². The van der Waals surface area contributed by atoms with Gasteiger partial charge >= 0.3 is 17.7 Å². The van der Waals surface area contributed by atoms with E-state index in [1.165, 1.54) is 0 Å². The van der Waals surface area contributed by atoms with Crippen molar-refractivity contribution >= 4 is 11.9 Å². The van der Waals surface area contributed by atoms with Crippen LogP contribution in [0.4, 0.5) is 0 Å². The van der Waals surface area contributed by atoms with Crippen LogP contribution in [0.1, 0.15) is 26.3 Å². The predicted molar refractivity (Wildman–Crippen MR) is 79.1 cm³/mol. The second kappa shape index (κ2) is 6.87. The molecule has 1 aliphatic heterocycles. The zero-order valence-corrected chi connectivity index (χ0v) is 13.3. The lowest BCUT2D eigenvalue weighted by atomic mass is 10.1. The summed E-state index contributed by atoms with van der Waals surface area (Å²) >= 11 is 0. The topological polar surface area (TPSA) is 91.3 Å². The smallest absolute Gasteiger partial charge is 0.453 e. The Morgan fingerprint density at radius 3 is 2.22 bits per heavy atom. The summed E-state index contributed by atoms with van der Waals surface area (Å²) < 4.78 is 20.7. The highest BCUT2D eigenvalue weighted by molar-refractivity contribution is 6.03. The van der Waals surface area contributed by atoms with Gasteiger partial charge in [0.05, 0.1) is 19.3 Å². The third-order valence-electron chi connectivity index (χ3n) is 3.13. The van der Waals surface area contributed by atoms with Crippen LogP contribution < -0.4 is 9.47 Å². The van der Waals surface area contributed by atoms with Crippen molar-refractivity contribution in [2.24, 2.45) is 0 Å². The molecule has 0 aromatic heterocycles. The Bertz CT molecular complexity index is 576. The fourth-order valence-corrected chi connectivity index (χ4v) is 2.22. The minimum atomic E-state index is -2.28. The van der Waals surface area contributed by atoms with Crippen molar-refractivity contribution in [3.05, 3.63) is 23.8 Å². The molecule has 1 aromatic carbocycles. The standard InChI is InChI=1S/C16H20O7/c1-4-20-14(18)16(15(19)21-5-2)22-12-7-6-11(8-10(3)17)9-13(12)23-16/h6-7,9-10,17H,4-5,8H2,1-3H3/t10-/m0/s1. The zero-order chi connectivity index (χ0) is 17.0. The first kappa shape index (κ1) is 17.1. The van der Waals surface area contributed by atoms with Gasteiger partial charge in [0.25, 0.3) is 0 Å². The van der Waals surface area contributed by atoms with Gasteiger partial charge in [0.1, 0.15) is 0 Å². The van der Waals surface area contributed by atoms with Gasteiger partial charge in [-0.1, -0.05) is 6.07 Å². The van der Waals surface area contributed by atoms with E-state index in [4.69, 9.17) is 18.9 Å². The van der Waals surface area contributed by atoms with Crippen molar-refractivity contribution in [2.75, 3.05) is 13.2 Å². The molecule has 126 valence electrons. The second-order valence-corrected chi connectivity index (χ2v) is 5.10. The van der Waals surface area contributed by atoms with E-state index >= 15 is 0 Å². The fourth-order valence-electron chi connectivity index (χ4n) is 2.22. The minimum Gasteiger partial charge on any atom is -0.460 e. The maximum absolute atomic E-state index is 12.2. The normalized spacial score (nSPS) is 15.8. The SMILES string of the molecule is CCOC(=O)C1(C(=O)OCC)Oc2ccc(C[C@H](C)O)cc2O1. The first-order valence-corrected chi connectivity index (χ1v) is 7.46. The Balaban J connectivity index is 2.32. The van der Waals surface area contributed by atoms with Gasteiger partial charge in [-0.3, -0.25) is 0 Å². The molecule has 7 nitrogen and oxygen atoms in total. The van der Waals surface area contributed by atoms with Crippen LogP contribution in [0.15, 0.2) is 18.2 Å². The van der Waals surface area contributed by atoms with E-state index in [-0.39, 0.29) is 24.7 Å². The van der Waals surface area contributed by atoms with Gasteiger partial charge in [-0.15, -0.1) is 0 Å². The largest absolute Gasteiger partial charge is 0.460 e. The number of hydrogen-bond acceptors (Lipinski definition) is 7. The Labute approximate surface area is 134 Å². The van der Waals surface area contributed by atoms with Crippen molar-refractivity contribution < 1.29 is 33.6 Å². The van der Waals surface area contributed by atoms with Gasteiger partial charge in [-0.2, -0.15) is 0 Å². The average Bonchev–Trinajstić information content (AvgIpc) is 2.87. The van der Waals surface area contributed by atoms with Gasteiger partial charge in [0.15, 0.2) is 11.5 Å².